The Kier molecular flexibility index (Phi) is 6.26. The van der Waals surface area contributed by atoms with E-state index in [1.807, 2.05) is 0 Å². The number of aliphatic hydroxyl groups excluding tert-OH is 1. The van der Waals surface area contributed by atoms with Crippen LogP contribution in [0.25, 0.3) is 0 Å². The summed E-state index contributed by atoms with van der Waals surface area (Å²) in [7, 11) is 1.43. The van der Waals surface area contributed by atoms with Gasteiger partial charge in [0.1, 0.15) is 11.6 Å². The van der Waals surface area contributed by atoms with Gasteiger partial charge in [-0.05, 0) is 38.2 Å². The van der Waals surface area contributed by atoms with Crippen LogP contribution in [-0.2, 0) is 7.05 Å². The van der Waals surface area contributed by atoms with Gasteiger partial charge in [-0.3, -0.25) is 19.1 Å². The van der Waals surface area contributed by atoms with E-state index in [0.717, 1.165) is 49.6 Å². The van der Waals surface area contributed by atoms with Crippen molar-refractivity contribution in [2.45, 2.75) is 63.1 Å². The average molecular weight is 431 g/mol. The van der Waals surface area contributed by atoms with Crippen LogP contribution < -0.4 is 27.0 Å². The fourth-order valence-electron chi connectivity index (χ4n) is 4.58. The van der Waals surface area contributed by atoms with E-state index in [1.54, 1.807) is 6.07 Å². The minimum absolute atomic E-state index is 0.0936. The van der Waals surface area contributed by atoms with E-state index >= 15 is 0 Å². The van der Waals surface area contributed by atoms with Crippen LogP contribution in [0, 0.1) is 0 Å². The molecular weight excluding hydrogens is 400 g/mol. The molecule has 3 N–H and O–H groups in total. The van der Waals surface area contributed by atoms with Gasteiger partial charge >= 0.3 is 5.69 Å². The van der Waals surface area contributed by atoms with Crippen LogP contribution in [0.5, 0.6) is 0 Å². The van der Waals surface area contributed by atoms with Crippen LogP contribution in [0.4, 0.5) is 11.6 Å². The third-order valence-electron chi connectivity index (χ3n) is 6.41. The molecule has 3 atom stereocenters. The molecule has 4 rings (SSSR count). The molecule has 10 heteroatoms. The van der Waals surface area contributed by atoms with Crippen LogP contribution >= 0.6 is 0 Å². The van der Waals surface area contributed by atoms with Crippen molar-refractivity contribution in [2.75, 3.05) is 23.3 Å². The Morgan fingerprint density at radius 2 is 1.87 bits per heavy atom. The molecule has 2 aromatic heterocycles. The number of hydrogen-bond acceptors (Lipinski definition) is 7. The highest BCUT2D eigenvalue weighted by atomic mass is 16.3. The fraction of sp³-hybridized carbons (Fsp3) is 0.619. The highest BCUT2D eigenvalue weighted by Gasteiger charge is 2.28. The molecule has 1 saturated carbocycles. The maximum absolute atomic E-state index is 12.5. The van der Waals surface area contributed by atoms with E-state index in [0.29, 0.717) is 24.6 Å². The number of aliphatic hydroxyl groups is 1. The van der Waals surface area contributed by atoms with Crippen molar-refractivity contribution in [1.82, 2.24) is 19.3 Å². The first-order chi connectivity index (χ1) is 14.9. The van der Waals surface area contributed by atoms with Crippen molar-refractivity contribution in [3.05, 3.63) is 49.4 Å². The van der Waals surface area contributed by atoms with Crippen LogP contribution in [0.15, 0.2) is 32.6 Å². The third-order valence-corrected chi connectivity index (χ3v) is 6.41. The number of aromatic amines is 1. The number of anilines is 2. The zero-order chi connectivity index (χ0) is 22.0. The minimum atomic E-state index is -0.550. The van der Waals surface area contributed by atoms with Crippen LogP contribution in [-0.4, -0.2) is 49.7 Å². The lowest BCUT2D eigenvalue weighted by Gasteiger charge is -2.37. The summed E-state index contributed by atoms with van der Waals surface area (Å²) in [5.41, 5.74) is -1.03. The number of hydrogen-bond donors (Lipinski definition) is 3. The molecule has 2 aromatic rings. The van der Waals surface area contributed by atoms with Gasteiger partial charge in [0.25, 0.3) is 11.1 Å². The lowest BCUT2D eigenvalue weighted by molar-refractivity contribution is 0.0669. The number of aromatic nitrogens is 4. The second-order valence-electron chi connectivity index (χ2n) is 8.50. The van der Waals surface area contributed by atoms with E-state index in [9.17, 15) is 19.5 Å². The first kappa shape index (κ1) is 21.4. The van der Waals surface area contributed by atoms with Crippen molar-refractivity contribution in [2.24, 2.45) is 7.05 Å². The van der Waals surface area contributed by atoms with Gasteiger partial charge in [0.2, 0.25) is 0 Å². The van der Waals surface area contributed by atoms with Gasteiger partial charge in [0.15, 0.2) is 0 Å². The minimum Gasteiger partial charge on any atom is -0.391 e. The third kappa shape index (κ3) is 4.58. The second-order valence-corrected chi connectivity index (χ2v) is 8.50. The highest BCUT2D eigenvalue weighted by Crippen LogP contribution is 2.28. The summed E-state index contributed by atoms with van der Waals surface area (Å²) in [4.78, 5) is 41.0. The first-order valence-corrected chi connectivity index (χ1v) is 11.0. The molecule has 0 aromatic carbocycles. The molecule has 1 saturated heterocycles. The zero-order valence-corrected chi connectivity index (χ0v) is 17.8. The molecule has 3 heterocycles. The monoisotopic (exact) mass is 430 g/mol. The molecular formula is C21H30N6O4. The molecule has 1 aliphatic heterocycles. The Balaban J connectivity index is 1.55. The standard InChI is InChI=1S/C21H30N6O4/c1-25-20(30)12-17(23-21(25)31)22-13-14-6-4-5-11-26(14)18-9-10-19(29)27(24-18)15-7-2-3-8-16(15)28/h9-10,12,14-16,22,28H,2-8,11,13H2,1H3,(H,23,31). The van der Waals surface area contributed by atoms with E-state index in [-0.39, 0.29) is 23.2 Å². The Morgan fingerprint density at radius 1 is 1.10 bits per heavy atom. The summed E-state index contributed by atoms with van der Waals surface area (Å²) in [5, 5.41) is 18.2. The van der Waals surface area contributed by atoms with E-state index in [1.165, 1.54) is 23.9 Å². The quantitative estimate of drug-likeness (QED) is 0.633. The normalized spacial score (nSPS) is 24.2. The molecule has 0 amide bonds. The molecule has 0 bridgehead atoms. The molecule has 2 aliphatic rings. The average Bonchev–Trinajstić information content (AvgIpc) is 2.77. The molecule has 3 unspecified atom stereocenters. The summed E-state index contributed by atoms with van der Waals surface area (Å²) < 4.78 is 2.47. The maximum atomic E-state index is 12.5. The Bertz CT molecular complexity index is 1060. The topological polar surface area (TPSA) is 125 Å². The molecule has 1 aliphatic carbocycles. The Labute approximate surface area is 179 Å². The van der Waals surface area contributed by atoms with E-state index < -0.39 is 11.8 Å². The van der Waals surface area contributed by atoms with Gasteiger partial charge in [0.05, 0.1) is 12.1 Å². The van der Waals surface area contributed by atoms with Gasteiger partial charge in [0, 0.05) is 38.3 Å². The molecule has 31 heavy (non-hydrogen) atoms. The van der Waals surface area contributed by atoms with E-state index in [4.69, 9.17) is 0 Å². The van der Waals surface area contributed by atoms with Crippen LogP contribution in [0.3, 0.4) is 0 Å². The van der Waals surface area contributed by atoms with Gasteiger partial charge in [-0.2, -0.15) is 5.10 Å². The van der Waals surface area contributed by atoms with Crippen molar-refractivity contribution in [3.8, 4) is 0 Å². The maximum Gasteiger partial charge on any atom is 0.329 e. The predicted molar refractivity (Wildman–Crippen MR) is 118 cm³/mol. The second kappa shape index (κ2) is 9.09. The number of rotatable bonds is 5. The summed E-state index contributed by atoms with van der Waals surface area (Å²) >= 11 is 0. The largest absolute Gasteiger partial charge is 0.391 e. The fourth-order valence-corrected chi connectivity index (χ4v) is 4.58. The summed E-state index contributed by atoms with van der Waals surface area (Å²) in [5.74, 6) is 1.10. The lowest BCUT2D eigenvalue weighted by atomic mass is 9.93. The number of nitrogens with zero attached hydrogens (tertiary/aromatic N) is 4. The first-order valence-electron chi connectivity index (χ1n) is 11.0. The Hall–Kier alpha value is -2.88. The van der Waals surface area contributed by atoms with Gasteiger partial charge in [-0.1, -0.05) is 12.8 Å². The van der Waals surface area contributed by atoms with E-state index in [2.05, 4.69) is 20.3 Å². The van der Waals surface area contributed by atoms with Crippen molar-refractivity contribution >= 4 is 11.6 Å². The molecule has 10 nitrogen and oxygen atoms in total. The van der Waals surface area contributed by atoms with Crippen molar-refractivity contribution < 1.29 is 5.11 Å². The van der Waals surface area contributed by atoms with Crippen molar-refractivity contribution in [1.29, 1.82) is 0 Å². The van der Waals surface area contributed by atoms with Gasteiger partial charge < -0.3 is 15.3 Å². The lowest BCUT2D eigenvalue weighted by Crippen LogP contribution is -2.46. The molecule has 2 fully saturated rings. The highest BCUT2D eigenvalue weighted by molar-refractivity contribution is 5.41. The summed E-state index contributed by atoms with van der Waals surface area (Å²) in [6, 6.07) is 4.45. The summed E-state index contributed by atoms with van der Waals surface area (Å²) in [6.45, 7) is 1.33. The van der Waals surface area contributed by atoms with Crippen molar-refractivity contribution in [3.63, 3.8) is 0 Å². The Morgan fingerprint density at radius 3 is 2.65 bits per heavy atom. The SMILES string of the molecule is Cn1c(=O)cc(NCC2CCCCN2c2ccc(=O)n(C3CCCCC3O)n2)[nH]c1=O. The van der Waals surface area contributed by atoms with Gasteiger partial charge in [-0.25, -0.2) is 9.48 Å². The van der Waals surface area contributed by atoms with Gasteiger partial charge in [-0.15, -0.1) is 0 Å². The molecule has 0 radical (unpaired) electrons. The zero-order valence-electron chi connectivity index (χ0n) is 17.8. The number of piperidine rings is 1. The predicted octanol–water partition coefficient (Wildman–Crippen LogP) is 0.577. The molecule has 168 valence electrons. The van der Waals surface area contributed by atoms with Crippen LogP contribution in [0.1, 0.15) is 51.0 Å². The smallest absolute Gasteiger partial charge is 0.329 e. The number of nitrogens with one attached hydrogen (secondary N) is 2. The summed E-state index contributed by atoms with van der Waals surface area (Å²) in [6.07, 6.45) is 5.84. The number of H-pyrrole nitrogens is 1. The van der Waals surface area contributed by atoms with Crippen LogP contribution in [0.2, 0.25) is 0 Å². The molecule has 0 spiro atoms.